The van der Waals surface area contributed by atoms with Gasteiger partial charge in [-0.25, -0.2) is 0 Å². The third kappa shape index (κ3) is 1.38. The number of aryl methyl sites for hydroxylation is 1. The van der Waals surface area contributed by atoms with Crippen molar-refractivity contribution >= 4 is 29.0 Å². The molecule has 0 aliphatic carbocycles. The molecule has 2 rings (SSSR count). The molecule has 1 nitrogen and oxygen atoms in total. The molecule has 1 aromatic heterocycles. The zero-order chi connectivity index (χ0) is 9.59. The summed E-state index contributed by atoms with van der Waals surface area (Å²) in [7, 11) is 2.03. The minimum atomic E-state index is 0.00458. The van der Waals surface area contributed by atoms with Crippen LogP contribution in [0.1, 0.15) is 27.7 Å². The van der Waals surface area contributed by atoms with E-state index in [0.29, 0.717) is 0 Å². The molecular formula is C10H12ClNS. The van der Waals surface area contributed by atoms with Crippen LogP contribution in [0.5, 0.6) is 0 Å². The molecular weight excluding hydrogens is 202 g/mol. The summed E-state index contributed by atoms with van der Waals surface area (Å²) in [6, 6.07) is 2.18. The molecule has 0 radical (unpaired) electrons. The first kappa shape index (κ1) is 9.10. The van der Waals surface area contributed by atoms with E-state index in [-0.39, 0.29) is 5.50 Å². The first-order valence-corrected chi connectivity index (χ1v) is 5.50. The van der Waals surface area contributed by atoms with Crippen LogP contribution in [0, 0.1) is 6.92 Å². The van der Waals surface area contributed by atoms with E-state index in [9.17, 15) is 0 Å². The highest BCUT2D eigenvalue weighted by Gasteiger charge is 2.23. The van der Waals surface area contributed by atoms with Crippen LogP contribution in [-0.4, -0.2) is 11.9 Å². The SMILES string of the molecule is CC1=Cc2sc(C)cc2C(Cl)N1C. The second-order valence-corrected chi connectivity index (χ2v) is 5.11. The molecule has 2 heterocycles. The Morgan fingerprint density at radius 2 is 2.15 bits per heavy atom. The Morgan fingerprint density at radius 1 is 1.46 bits per heavy atom. The van der Waals surface area contributed by atoms with Gasteiger partial charge in [-0.3, -0.25) is 0 Å². The van der Waals surface area contributed by atoms with Crippen LogP contribution in [-0.2, 0) is 0 Å². The number of nitrogens with zero attached hydrogens (tertiary/aromatic N) is 1. The molecule has 0 saturated heterocycles. The number of alkyl halides is 1. The summed E-state index contributed by atoms with van der Waals surface area (Å²) in [5, 5.41) is 0. The quantitative estimate of drug-likeness (QED) is 0.470. The van der Waals surface area contributed by atoms with Crippen LogP contribution >= 0.6 is 22.9 Å². The average molecular weight is 214 g/mol. The van der Waals surface area contributed by atoms with Gasteiger partial charge < -0.3 is 4.90 Å². The van der Waals surface area contributed by atoms with Crippen LogP contribution in [0.25, 0.3) is 6.08 Å². The summed E-state index contributed by atoms with van der Waals surface area (Å²) >= 11 is 8.11. The first-order chi connectivity index (χ1) is 6.09. The summed E-state index contributed by atoms with van der Waals surface area (Å²) < 4.78 is 0. The minimum absolute atomic E-state index is 0.00458. The molecule has 0 N–H and O–H groups in total. The predicted molar refractivity (Wildman–Crippen MR) is 59.1 cm³/mol. The number of hydrogen-bond acceptors (Lipinski definition) is 2. The van der Waals surface area contributed by atoms with E-state index in [1.807, 2.05) is 18.4 Å². The van der Waals surface area contributed by atoms with Crippen molar-refractivity contribution in [2.24, 2.45) is 0 Å². The van der Waals surface area contributed by atoms with Crippen LogP contribution < -0.4 is 0 Å². The van der Waals surface area contributed by atoms with E-state index < -0.39 is 0 Å². The fourth-order valence-corrected chi connectivity index (χ4v) is 2.98. The number of allylic oxidation sites excluding steroid dienone is 1. The van der Waals surface area contributed by atoms with Crippen LogP contribution in [0.4, 0.5) is 0 Å². The lowest BCUT2D eigenvalue weighted by Crippen LogP contribution is -2.21. The van der Waals surface area contributed by atoms with E-state index in [1.165, 1.54) is 21.0 Å². The van der Waals surface area contributed by atoms with Crippen molar-refractivity contribution in [2.75, 3.05) is 7.05 Å². The van der Waals surface area contributed by atoms with Gasteiger partial charge in [-0.2, -0.15) is 0 Å². The van der Waals surface area contributed by atoms with E-state index in [4.69, 9.17) is 11.6 Å². The molecule has 3 heteroatoms. The molecule has 1 atom stereocenters. The van der Waals surface area contributed by atoms with Gasteiger partial charge in [-0.15, -0.1) is 11.3 Å². The molecule has 70 valence electrons. The Kier molecular flexibility index (Phi) is 2.12. The Balaban J connectivity index is 2.55. The van der Waals surface area contributed by atoms with Crippen LogP contribution in [0.15, 0.2) is 11.8 Å². The highest BCUT2D eigenvalue weighted by molar-refractivity contribution is 7.13. The number of rotatable bonds is 0. The summed E-state index contributed by atoms with van der Waals surface area (Å²) in [4.78, 5) is 4.74. The first-order valence-electron chi connectivity index (χ1n) is 4.25. The van der Waals surface area contributed by atoms with Crippen molar-refractivity contribution in [1.29, 1.82) is 0 Å². The second-order valence-electron chi connectivity index (χ2n) is 3.41. The molecule has 1 aliphatic heterocycles. The van der Waals surface area contributed by atoms with Gasteiger partial charge in [-0.05, 0) is 26.0 Å². The normalized spacial score (nSPS) is 21.4. The molecule has 13 heavy (non-hydrogen) atoms. The number of halogens is 1. The summed E-state index contributed by atoms with van der Waals surface area (Å²) in [6.45, 7) is 4.21. The third-order valence-corrected chi connectivity index (χ3v) is 3.95. The Labute approximate surface area is 87.6 Å². The van der Waals surface area contributed by atoms with Gasteiger partial charge in [0.1, 0.15) is 5.50 Å². The van der Waals surface area contributed by atoms with Crippen molar-refractivity contribution in [3.8, 4) is 0 Å². The highest BCUT2D eigenvalue weighted by atomic mass is 35.5. The molecule has 1 aromatic rings. The topological polar surface area (TPSA) is 3.24 Å². The average Bonchev–Trinajstić information content (AvgIpc) is 2.42. The fraction of sp³-hybridized carbons (Fsp3) is 0.400. The largest absolute Gasteiger partial charge is 0.358 e. The molecule has 0 saturated carbocycles. The molecule has 1 aliphatic rings. The molecule has 1 unspecified atom stereocenters. The van der Waals surface area contributed by atoms with Gasteiger partial charge >= 0.3 is 0 Å². The van der Waals surface area contributed by atoms with Gasteiger partial charge in [-0.1, -0.05) is 11.6 Å². The van der Waals surface area contributed by atoms with Gasteiger partial charge in [0.05, 0.1) is 0 Å². The number of hydrogen-bond donors (Lipinski definition) is 0. The molecule has 0 aromatic carbocycles. The minimum Gasteiger partial charge on any atom is -0.358 e. The van der Waals surface area contributed by atoms with E-state index in [1.54, 1.807) is 0 Å². The molecule has 0 amide bonds. The summed E-state index contributed by atoms with van der Waals surface area (Å²) in [5.74, 6) is 0. The standard InChI is InChI=1S/C10H12ClNS/c1-6-4-9-8(5-7(2)13-9)10(11)12(6)3/h4-5,10H,1-3H3. The zero-order valence-corrected chi connectivity index (χ0v) is 9.54. The van der Waals surface area contributed by atoms with Crippen molar-refractivity contribution < 1.29 is 0 Å². The van der Waals surface area contributed by atoms with Gasteiger partial charge in [0, 0.05) is 28.1 Å². The van der Waals surface area contributed by atoms with E-state index in [2.05, 4.69) is 30.9 Å². The number of fused-ring (bicyclic) bond motifs is 1. The van der Waals surface area contributed by atoms with Crippen molar-refractivity contribution in [1.82, 2.24) is 4.90 Å². The maximum Gasteiger partial charge on any atom is 0.130 e. The maximum absolute atomic E-state index is 6.30. The van der Waals surface area contributed by atoms with Crippen LogP contribution in [0.3, 0.4) is 0 Å². The fourth-order valence-electron chi connectivity index (χ4n) is 1.53. The second kappa shape index (κ2) is 3.03. The Morgan fingerprint density at radius 3 is 2.85 bits per heavy atom. The zero-order valence-electron chi connectivity index (χ0n) is 7.97. The summed E-state index contributed by atoms with van der Waals surface area (Å²) in [5.41, 5.74) is 2.48. The van der Waals surface area contributed by atoms with Crippen molar-refractivity contribution in [3.63, 3.8) is 0 Å². The third-order valence-electron chi connectivity index (χ3n) is 2.41. The van der Waals surface area contributed by atoms with Crippen molar-refractivity contribution in [3.05, 3.63) is 27.1 Å². The number of thiophene rings is 1. The van der Waals surface area contributed by atoms with Gasteiger partial charge in [0.15, 0.2) is 0 Å². The lowest BCUT2D eigenvalue weighted by molar-refractivity contribution is 0.393. The van der Waals surface area contributed by atoms with Gasteiger partial charge in [0.2, 0.25) is 0 Å². The lowest BCUT2D eigenvalue weighted by Gasteiger charge is -2.29. The van der Waals surface area contributed by atoms with E-state index >= 15 is 0 Å². The monoisotopic (exact) mass is 213 g/mol. The van der Waals surface area contributed by atoms with Crippen LogP contribution in [0.2, 0.25) is 0 Å². The predicted octanol–water partition coefficient (Wildman–Crippen LogP) is 3.60. The Hall–Kier alpha value is -0.470. The van der Waals surface area contributed by atoms with Crippen molar-refractivity contribution in [2.45, 2.75) is 19.3 Å². The highest BCUT2D eigenvalue weighted by Crippen LogP contribution is 2.39. The lowest BCUT2D eigenvalue weighted by atomic mass is 10.1. The molecule has 0 fully saturated rings. The molecule has 0 bridgehead atoms. The Bertz CT molecular complexity index is 367. The van der Waals surface area contributed by atoms with Gasteiger partial charge in [0.25, 0.3) is 0 Å². The van der Waals surface area contributed by atoms with E-state index in [0.717, 1.165) is 0 Å². The molecule has 0 spiro atoms. The maximum atomic E-state index is 6.30. The summed E-state index contributed by atoms with van der Waals surface area (Å²) in [6.07, 6.45) is 2.20. The smallest absolute Gasteiger partial charge is 0.130 e.